The minimum absolute atomic E-state index is 0.310. The van der Waals surface area contributed by atoms with Gasteiger partial charge in [0.2, 0.25) is 0 Å². The molecule has 0 saturated heterocycles. The summed E-state index contributed by atoms with van der Waals surface area (Å²) in [6.07, 6.45) is 2.50. The van der Waals surface area contributed by atoms with Crippen molar-refractivity contribution in [2.75, 3.05) is 0 Å². The molecule has 1 aromatic carbocycles. The van der Waals surface area contributed by atoms with Crippen LogP contribution in [0.1, 0.15) is 18.1 Å². The number of benzene rings is 1. The number of thiophene rings is 1. The van der Waals surface area contributed by atoms with Crippen molar-refractivity contribution in [3.63, 3.8) is 0 Å². The molecule has 3 aromatic heterocycles. The molecule has 4 aromatic rings. The zero-order valence-corrected chi connectivity index (χ0v) is 14.6. The van der Waals surface area contributed by atoms with E-state index >= 15 is 0 Å². The minimum Gasteiger partial charge on any atom is -0.423 e. The Labute approximate surface area is 146 Å². The molecule has 0 amide bonds. The third-order valence-electron chi connectivity index (χ3n) is 3.88. The second kappa shape index (κ2) is 6.37. The highest BCUT2D eigenvalue weighted by molar-refractivity contribution is 7.98. The first kappa shape index (κ1) is 15.4. The van der Waals surface area contributed by atoms with Crippen molar-refractivity contribution in [3.8, 4) is 0 Å². The predicted molar refractivity (Wildman–Crippen MR) is 98.8 cm³/mol. The Morgan fingerprint density at radius 3 is 3.00 bits per heavy atom. The quantitative estimate of drug-likeness (QED) is 0.303. The number of nitrogens with zero attached hydrogens (tertiary/aromatic N) is 2. The van der Waals surface area contributed by atoms with Crippen LogP contribution in [0, 0.1) is 0 Å². The largest absolute Gasteiger partial charge is 0.423 e. The highest BCUT2D eigenvalue weighted by Crippen LogP contribution is 2.32. The van der Waals surface area contributed by atoms with Crippen LogP contribution in [0.5, 0.6) is 0 Å². The van der Waals surface area contributed by atoms with Gasteiger partial charge in [-0.25, -0.2) is 14.8 Å². The first-order valence-corrected chi connectivity index (χ1v) is 9.48. The lowest BCUT2D eigenvalue weighted by molar-refractivity contribution is 0.559. The van der Waals surface area contributed by atoms with Gasteiger partial charge in [-0.3, -0.25) is 0 Å². The minimum atomic E-state index is -0.310. The van der Waals surface area contributed by atoms with Crippen molar-refractivity contribution in [1.29, 1.82) is 0 Å². The molecular weight excluding hydrogens is 340 g/mol. The molecular formula is C18H14N2O2S2. The number of rotatable bonds is 4. The van der Waals surface area contributed by atoms with Crippen LogP contribution >= 0.6 is 23.1 Å². The molecule has 0 fully saturated rings. The molecule has 0 aliphatic heterocycles. The van der Waals surface area contributed by atoms with Crippen LogP contribution in [0.2, 0.25) is 0 Å². The molecule has 0 radical (unpaired) electrons. The maximum absolute atomic E-state index is 11.9. The number of hydrogen-bond donors (Lipinski definition) is 0. The Hall–Kier alpha value is -2.18. The van der Waals surface area contributed by atoms with Gasteiger partial charge in [-0.1, -0.05) is 19.1 Å². The van der Waals surface area contributed by atoms with Gasteiger partial charge in [-0.15, -0.1) is 23.1 Å². The topological polar surface area (TPSA) is 56.0 Å². The number of aromatic nitrogens is 2. The molecule has 0 spiro atoms. The first-order valence-electron chi connectivity index (χ1n) is 7.61. The van der Waals surface area contributed by atoms with Crippen molar-refractivity contribution < 1.29 is 4.42 Å². The van der Waals surface area contributed by atoms with E-state index in [0.29, 0.717) is 11.3 Å². The second-order valence-electron chi connectivity index (χ2n) is 5.38. The third-order valence-corrected chi connectivity index (χ3v) is 5.96. The summed E-state index contributed by atoms with van der Waals surface area (Å²) in [5.74, 6) is 0.664. The molecule has 0 atom stereocenters. The molecule has 24 heavy (non-hydrogen) atoms. The average molecular weight is 354 g/mol. The Morgan fingerprint density at radius 2 is 2.12 bits per heavy atom. The van der Waals surface area contributed by atoms with Gasteiger partial charge in [0, 0.05) is 17.2 Å². The zero-order valence-electron chi connectivity index (χ0n) is 13.0. The van der Waals surface area contributed by atoms with Crippen molar-refractivity contribution in [2.45, 2.75) is 24.1 Å². The van der Waals surface area contributed by atoms with E-state index in [2.05, 4.69) is 23.0 Å². The smallest absolute Gasteiger partial charge is 0.336 e. The van der Waals surface area contributed by atoms with Gasteiger partial charge in [0.05, 0.1) is 10.2 Å². The molecule has 0 aliphatic rings. The molecule has 3 heterocycles. The summed E-state index contributed by atoms with van der Waals surface area (Å²) in [4.78, 5) is 20.5. The highest BCUT2D eigenvalue weighted by atomic mass is 32.2. The first-order chi connectivity index (χ1) is 11.7. The van der Waals surface area contributed by atoms with E-state index in [-0.39, 0.29) is 5.63 Å². The van der Waals surface area contributed by atoms with E-state index in [0.717, 1.165) is 38.2 Å². The highest BCUT2D eigenvalue weighted by Gasteiger charge is 2.10. The van der Waals surface area contributed by atoms with Crippen molar-refractivity contribution >= 4 is 44.3 Å². The molecule has 120 valence electrons. The lowest BCUT2D eigenvalue weighted by Crippen LogP contribution is -2.00. The Morgan fingerprint density at radius 1 is 1.21 bits per heavy atom. The van der Waals surface area contributed by atoms with E-state index in [1.165, 1.54) is 0 Å². The number of fused-ring (bicyclic) bond motifs is 2. The summed E-state index contributed by atoms with van der Waals surface area (Å²) < 4.78 is 6.45. The fourth-order valence-corrected chi connectivity index (χ4v) is 4.57. The van der Waals surface area contributed by atoms with E-state index in [1.54, 1.807) is 35.5 Å². The maximum atomic E-state index is 11.9. The zero-order chi connectivity index (χ0) is 16.5. The SMILES string of the molecule is CCc1ccc2c(CSc3ncnc4ccsc34)cc(=O)oc2c1. The van der Waals surface area contributed by atoms with Crippen molar-refractivity contribution in [1.82, 2.24) is 9.97 Å². The van der Waals surface area contributed by atoms with Gasteiger partial charge in [0.15, 0.2) is 0 Å². The van der Waals surface area contributed by atoms with Gasteiger partial charge in [-0.05, 0) is 35.1 Å². The normalized spacial score (nSPS) is 11.4. The molecule has 0 saturated carbocycles. The Balaban J connectivity index is 1.72. The molecule has 0 bridgehead atoms. The van der Waals surface area contributed by atoms with Crippen molar-refractivity contribution in [2.24, 2.45) is 0 Å². The van der Waals surface area contributed by atoms with Gasteiger partial charge in [0.1, 0.15) is 16.9 Å². The number of aryl methyl sites for hydroxylation is 1. The van der Waals surface area contributed by atoms with Gasteiger partial charge < -0.3 is 4.42 Å². The average Bonchev–Trinajstić information content (AvgIpc) is 3.08. The lowest BCUT2D eigenvalue weighted by Gasteiger charge is -2.07. The molecule has 4 nitrogen and oxygen atoms in total. The molecule has 0 N–H and O–H groups in total. The molecule has 6 heteroatoms. The summed E-state index contributed by atoms with van der Waals surface area (Å²) in [5.41, 5.74) is 3.43. The summed E-state index contributed by atoms with van der Waals surface area (Å²) in [6, 6.07) is 9.64. The molecule has 0 unspecified atom stereocenters. The summed E-state index contributed by atoms with van der Waals surface area (Å²) in [5, 5.41) is 3.94. The number of hydrogen-bond acceptors (Lipinski definition) is 6. The van der Waals surface area contributed by atoms with Crippen LogP contribution in [0.3, 0.4) is 0 Å². The van der Waals surface area contributed by atoms with Crippen LogP contribution in [-0.2, 0) is 12.2 Å². The van der Waals surface area contributed by atoms with Gasteiger partial charge >= 0.3 is 5.63 Å². The predicted octanol–water partition coefficient (Wildman–Crippen LogP) is 4.65. The fourth-order valence-electron chi connectivity index (χ4n) is 2.63. The van der Waals surface area contributed by atoms with E-state index < -0.39 is 0 Å². The monoisotopic (exact) mass is 354 g/mol. The Bertz CT molecular complexity index is 1090. The van der Waals surface area contributed by atoms with Crippen LogP contribution in [-0.4, -0.2) is 9.97 Å². The summed E-state index contributed by atoms with van der Waals surface area (Å²) in [6.45, 7) is 2.08. The van der Waals surface area contributed by atoms with E-state index in [1.807, 2.05) is 23.6 Å². The van der Waals surface area contributed by atoms with Crippen LogP contribution in [0.4, 0.5) is 0 Å². The third kappa shape index (κ3) is 2.83. The summed E-state index contributed by atoms with van der Waals surface area (Å²) in [7, 11) is 0. The molecule has 4 rings (SSSR count). The van der Waals surface area contributed by atoms with Crippen LogP contribution in [0.15, 0.2) is 56.3 Å². The lowest BCUT2D eigenvalue weighted by atomic mass is 10.1. The molecule has 0 aliphatic carbocycles. The standard InChI is InChI=1S/C18H14N2O2S2/c1-2-11-3-4-13-12(8-16(21)22-15(13)7-11)9-24-18-17-14(5-6-23-17)19-10-20-18/h3-8,10H,2,9H2,1H3. The van der Waals surface area contributed by atoms with Crippen molar-refractivity contribution in [3.05, 3.63) is 63.6 Å². The summed E-state index contributed by atoms with van der Waals surface area (Å²) >= 11 is 3.25. The van der Waals surface area contributed by atoms with Crippen LogP contribution < -0.4 is 5.63 Å². The van der Waals surface area contributed by atoms with Gasteiger partial charge in [-0.2, -0.15) is 0 Å². The van der Waals surface area contributed by atoms with E-state index in [4.69, 9.17) is 4.42 Å². The Kier molecular flexibility index (Phi) is 4.08. The second-order valence-corrected chi connectivity index (χ2v) is 7.26. The maximum Gasteiger partial charge on any atom is 0.336 e. The number of thioether (sulfide) groups is 1. The van der Waals surface area contributed by atoms with E-state index in [9.17, 15) is 4.79 Å². The fraction of sp³-hybridized carbons (Fsp3) is 0.167. The van der Waals surface area contributed by atoms with Gasteiger partial charge in [0.25, 0.3) is 0 Å². The van der Waals surface area contributed by atoms with Crippen LogP contribution in [0.25, 0.3) is 21.2 Å².